The SMILES string of the molecule is COc1ccccc1C(=O)NC(C(=O)NCc1cccc(C#N)c1)C(C)C. The van der Waals surface area contributed by atoms with Crippen LogP contribution in [-0.2, 0) is 11.3 Å². The van der Waals surface area contributed by atoms with E-state index >= 15 is 0 Å². The first kappa shape index (κ1) is 20.0. The van der Waals surface area contributed by atoms with E-state index in [0.717, 1.165) is 5.56 Å². The van der Waals surface area contributed by atoms with Gasteiger partial charge >= 0.3 is 0 Å². The molecule has 0 bridgehead atoms. The molecule has 2 aromatic carbocycles. The van der Waals surface area contributed by atoms with Crippen molar-refractivity contribution in [2.45, 2.75) is 26.4 Å². The van der Waals surface area contributed by atoms with E-state index in [2.05, 4.69) is 16.7 Å². The minimum atomic E-state index is -0.693. The summed E-state index contributed by atoms with van der Waals surface area (Å²) in [5.74, 6) is -0.302. The van der Waals surface area contributed by atoms with Crippen molar-refractivity contribution >= 4 is 11.8 Å². The zero-order chi connectivity index (χ0) is 19.8. The molecule has 0 radical (unpaired) electrons. The predicted molar refractivity (Wildman–Crippen MR) is 102 cm³/mol. The summed E-state index contributed by atoms with van der Waals surface area (Å²) in [6.45, 7) is 4.01. The molecule has 2 rings (SSSR count). The van der Waals surface area contributed by atoms with Crippen LogP contribution in [0.15, 0.2) is 48.5 Å². The monoisotopic (exact) mass is 365 g/mol. The molecule has 6 heteroatoms. The summed E-state index contributed by atoms with van der Waals surface area (Å²) in [6, 6.07) is 15.3. The van der Waals surface area contributed by atoms with Gasteiger partial charge in [-0.25, -0.2) is 0 Å². The Morgan fingerprint density at radius 2 is 1.89 bits per heavy atom. The van der Waals surface area contributed by atoms with E-state index in [0.29, 0.717) is 16.9 Å². The molecule has 0 aliphatic carbocycles. The van der Waals surface area contributed by atoms with E-state index in [4.69, 9.17) is 10.00 Å². The highest BCUT2D eigenvalue weighted by Gasteiger charge is 2.25. The van der Waals surface area contributed by atoms with Gasteiger partial charge in [0.2, 0.25) is 5.91 Å². The first-order valence-corrected chi connectivity index (χ1v) is 8.67. The lowest BCUT2D eigenvalue weighted by atomic mass is 10.0. The van der Waals surface area contributed by atoms with Gasteiger partial charge in [-0.1, -0.05) is 38.1 Å². The summed E-state index contributed by atoms with van der Waals surface area (Å²) in [7, 11) is 1.49. The molecule has 2 amide bonds. The van der Waals surface area contributed by atoms with Crippen LogP contribution >= 0.6 is 0 Å². The first-order valence-electron chi connectivity index (χ1n) is 8.67. The van der Waals surface area contributed by atoms with E-state index in [1.165, 1.54) is 7.11 Å². The first-order chi connectivity index (χ1) is 13.0. The number of carbonyl (C=O) groups is 2. The number of hydrogen-bond donors (Lipinski definition) is 2. The summed E-state index contributed by atoms with van der Waals surface area (Å²) in [4.78, 5) is 25.2. The lowest BCUT2D eigenvalue weighted by Gasteiger charge is -2.22. The smallest absolute Gasteiger partial charge is 0.255 e. The molecule has 140 valence electrons. The molecular formula is C21H23N3O3. The molecule has 0 heterocycles. The third-order valence-electron chi connectivity index (χ3n) is 4.11. The van der Waals surface area contributed by atoms with Crippen LogP contribution in [0.3, 0.4) is 0 Å². The fourth-order valence-electron chi connectivity index (χ4n) is 2.64. The average molecular weight is 365 g/mol. The Morgan fingerprint density at radius 1 is 1.15 bits per heavy atom. The molecule has 0 saturated carbocycles. The van der Waals surface area contributed by atoms with Gasteiger partial charge in [-0.05, 0) is 35.7 Å². The Balaban J connectivity index is 2.06. The number of methoxy groups -OCH3 is 1. The van der Waals surface area contributed by atoms with Gasteiger partial charge in [-0.15, -0.1) is 0 Å². The number of para-hydroxylation sites is 1. The molecule has 6 nitrogen and oxygen atoms in total. The van der Waals surface area contributed by atoms with Crippen LogP contribution in [0.5, 0.6) is 5.75 Å². The van der Waals surface area contributed by atoms with Gasteiger partial charge in [-0.2, -0.15) is 5.26 Å². The third kappa shape index (κ3) is 5.32. The van der Waals surface area contributed by atoms with Crippen LogP contribution < -0.4 is 15.4 Å². The lowest BCUT2D eigenvalue weighted by Crippen LogP contribution is -2.49. The van der Waals surface area contributed by atoms with Gasteiger partial charge < -0.3 is 15.4 Å². The number of nitrogens with one attached hydrogen (secondary N) is 2. The number of nitriles is 1. The van der Waals surface area contributed by atoms with Crippen molar-refractivity contribution < 1.29 is 14.3 Å². The number of nitrogens with zero attached hydrogens (tertiary/aromatic N) is 1. The Hall–Kier alpha value is -3.33. The molecule has 0 fully saturated rings. The number of ether oxygens (including phenoxy) is 1. The maximum absolute atomic E-state index is 12.6. The lowest BCUT2D eigenvalue weighted by molar-refractivity contribution is -0.124. The number of benzene rings is 2. The van der Waals surface area contributed by atoms with Crippen molar-refractivity contribution in [1.82, 2.24) is 10.6 Å². The molecule has 1 atom stereocenters. The van der Waals surface area contributed by atoms with E-state index < -0.39 is 6.04 Å². The third-order valence-corrected chi connectivity index (χ3v) is 4.11. The molecular weight excluding hydrogens is 342 g/mol. The van der Waals surface area contributed by atoms with E-state index in [-0.39, 0.29) is 24.3 Å². The van der Waals surface area contributed by atoms with Crippen molar-refractivity contribution in [2.24, 2.45) is 5.92 Å². The number of rotatable bonds is 7. The summed E-state index contributed by atoms with van der Waals surface area (Å²) in [5, 5.41) is 14.6. The molecule has 0 saturated heterocycles. The molecule has 27 heavy (non-hydrogen) atoms. The molecule has 0 aromatic heterocycles. The second-order valence-electron chi connectivity index (χ2n) is 6.43. The maximum atomic E-state index is 12.6. The van der Waals surface area contributed by atoms with Crippen molar-refractivity contribution in [3.63, 3.8) is 0 Å². The van der Waals surface area contributed by atoms with Crippen molar-refractivity contribution in [2.75, 3.05) is 7.11 Å². The Kier molecular flexibility index (Phi) is 6.95. The van der Waals surface area contributed by atoms with E-state index in [1.807, 2.05) is 19.9 Å². The zero-order valence-electron chi connectivity index (χ0n) is 15.7. The maximum Gasteiger partial charge on any atom is 0.255 e. The van der Waals surface area contributed by atoms with Gasteiger partial charge in [0.1, 0.15) is 11.8 Å². The quantitative estimate of drug-likeness (QED) is 0.789. The standard InChI is InChI=1S/C21H23N3O3/c1-14(2)19(24-20(25)17-9-4-5-10-18(17)27-3)21(26)23-13-16-8-6-7-15(11-16)12-22/h4-11,14,19H,13H2,1-3H3,(H,23,26)(H,24,25). The Bertz CT molecular complexity index is 856. The van der Waals surface area contributed by atoms with Crippen molar-refractivity contribution in [1.29, 1.82) is 5.26 Å². The number of hydrogen-bond acceptors (Lipinski definition) is 4. The molecule has 2 N–H and O–H groups in total. The normalized spacial score (nSPS) is 11.4. The average Bonchev–Trinajstić information content (AvgIpc) is 2.69. The van der Waals surface area contributed by atoms with Crippen LogP contribution in [0.1, 0.15) is 35.3 Å². The topological polar surface area (TPSA) is 91.2 Å². The summed E-state index contributed by atoms with van der Waals surface area (Å²) < 4.78 is 5.21. The summed E-state index contributed by atoms with van der Waals surface area (Å²) in [5.41, 5.74) is 1.73. The summed E-state index contributed by atoms with van der Waals surface area (Å²) >= 11 is 0. The van der Waals surface area contributed by atoms with E-state index in [9.17, 15) is 9.59 Å². The van der Waals surface area contributed by atoms with Crippen LogP contribution in [0.2, 0.25) is 0 Å². The molecule has 0 spiro atoms. The minimum Gasteiger partial charge on any atom is -0.496 e. The number of amides is 2. The highest BCUT2D eigenvalue weighted by atomic mass is 16.5. The van der Waals surface area contributed by atoms with Crippen LogP contribution in [0.25, 0.3) is 0 Å². The fraction of sp³-hybridized carbons (Fsp3) is 0.286. The highest BCUT2D eigenvalue weighted by Crippen LogP contribution is 2.17. The molecule has 1 unspecified atom stereocenters. The van der Waals surface area contributed by atoms with E-state index in [1.54, 1.807) is 42.5 Å². The van der Waals surface area contributed by atoms with Crippen molar-refractivity contribution in [3.8, 4) is 11.8 Å². The van der Waals surface area contributed by atoms with Gasteiger partial charge in [0.25, 0.3) is 5.91 Å². The van der Waals surface area contributed by atoms with Gasteiger partial charge in [0.05, 0.1) is 24.3 Å². The molecule has 2 aromatic rings. The second kappa shape index (κ2) is 9.39. The van der Waals surface area contributed by atoms with Gasteiger partial charge in [0.15, 0.2) is 0 Å². The fourth-order valence-corrected chi connectivity index (χ4v) is 2.64. The molecule has 0 aliphatic heterocycles. The largest absolute Gasteiger partial charge is 0.496 e. The Morgan fingerprint density at radius 3 is 2.56 bits per heavy atom. The minimum absolute atomic E-state index is 0.103. The van der Waals surface area contributed by atoms with Crippen LogP contribution in [0, 0.1) is 17.2 Å². The molecule has 0 aliphatic rings. The second-order valence-corrected chi connectivity index (χ2v) is 6.43. The highest BCUT2D eigenvalue weighted by molar-refractivity contribution is 5.99. The predicted octanol–water partition coefficient (Wildman–Crippen LogP) is 2.64. The Labute approximate surface area is 159 Å². The van der Waals surface area contributed by atoms with Crippen LogP contribution in [0.4, 0.5) is 0 Å². The van der Waals surface area contributed by atoms with Gasteiger partial charge in [-0.3, -0.25) is 9.59 Å². The number of carbonyl (C=O) groups excluding carboxylic acids is 2. The van der Waals surface area contributed by atoms with Gasteiger partial charge in [0, 0.05) is 6.54 Å². The van der Waals surface area contributed by atoms with Crippen LogP contribution in [-0.4, -0.2) is 25.0 Å². The zero-order valence-corrected chi connectivity index (χ0v) is 15.7. The van der Waals surface area contributed by atoms with Crippen molar-refractivity contribution in [3.05, 3.63) is 65.2 Å². The summed E-state index contributed by atoms with van der Waals surface area (Å²) in [6.07, 6.45) is 0.